The van der Waals surface area contributed by atoms with Crippen LogP contribution in [0, 0.1) is 0 Å². The van der Waals surface area contributed by atoms with Crippen LogP contribution >= 0.6 is 0 Å². The van der Waals surface area contributed by atoms with Crippen LogP contribution in [-0.4, -0.2) is 5.11 Å². The number of benzene rings is 2. The Labute approximate surface area is 134 Å². The predicted octanol–water partition coefficient (Wildman–Crippen LogP) is -2.93. The fourth-order valence-electron chi connectivity index (χ4n) is 1.34. The van der Waals surface area contributed by atoms with Crippen molar-refractivity contribution < 1.29 is 64.2 Å². The molecule has 0 bridgehead atoms. The van der Waals surface area contributed by atoms with Crippen molar-refractivity contribution in [2.75, 3.05) is 0 Å². The first-order valence-electron chi connectivity index (χ1n) is 4.21. The van der Waals surface area contributed by atoms with Crippen molar-refractivity contribution in [3.8, 4) is 16.9 Å². The van der Waals surface area contributed by atoms with Gasteiger partial charge in [0.15, 0.2) is 0 Å². The van der Waals surface area contributed by atoms with E-state index >= 15 is 0 Å². The monoisotopic (exact) mass is 216 g/mol. The molecule has 1 N–H and O–H groups in total. The molecule has 2 aromatic carbocycles. The van der Waals surface area contributed by atoms with Crippen LogP contribution in [-0.2, 0) is 0 Å². The van der Waals surface area contributed by atoms with Gasteiger partial charge in [-0.3, -0.25) is 0 Å². The van der Waals surface area contributed by atoms with Gasteiger partial charge in [-0.25, -0.2) is 0 Å². The minimum atomic E-state index is 0. The van der Waals surface area contributed by atoms with Crippen LogP contribution in [0.4, 0.5) is 0 Å². The number of para-hydroxylation sites is 1. The topological polar surface area (TPSA) is 20.2 Å². The standard InChI is InChI=1S/C12H10O.2Na/c13-12-9-5-4-8-11(12)10-6-2-1-3-7-10;;/h1-9,13H;;/q;2*+1. The average molecular weight is 216 g/mol. The summed E-state index contributed by atoms with van der Waals surface area (Å²) in [7, 11) is 0. The van der Waals surface area contributed by atoms with Gasteiger partial charge in [-0.05, 0) is 11.6 Å². The SMILES string of the molecule is Oc1ccccc1-c1ccccc1.[Na+].[Na+]. The minimum absolute atomic E-state index is 0. The van der Waals surface area contributed by atoms with Crippen molar-refractivity contribution in [3.05, 3.63) is 54.6 Å². The number of hydrogen-bond acceptors (Lipinski definition) is 1. The van der Waals surface area contributed by atoms with Gasteiger partial charge in [-0.15, -0.1) is 0 Å². The van der Waals surface area contributed by atoms with Gasteiger partial charge in [0.05, 0.1) is 0 Å². The first-order valence-corrected chi connectivity index (χ1v) is 4.21. The second-order valence-electron chi connectivity index (χ2n) is 2.88. The molecular weight excluding hydrogens is 206 g/mol. The maximum atomic E-state index is 9.56. The molecule has 0 unspecified atom stereocenters. The van der Waals surface area contributed by atoms with Crippen LogP contribution < -0.4 is 59.1 Å². The quantitative estimate of drug-likeness (QED) is 0.506. The molecule has 0 aliphatic rings. The normalized spacial score (nSPS) is 8.53. The maximum absolute atomic E-state index is 9.56. The average Bonchev–Trinajstić information content (AvgIpc) is 2.20. The Balaban J connectivity index is 0.000000980. The molecule has 2 rings (SSSR count). The van der Waals surface area contributed by atoms with Gasteiger partial charge in [0.25, 0.3) is 0 Å². The molecule has 0 saturated heterocycles. The molecule has 3 heteroatoms. The largest absolute Gasteiger partial charge is 1.00 e. The summed E-state index contributed by atoms with van der Waals surface area (Å²) in [6, 6.07) is 17.2. The van der Waals surface area contributed by atoms with Gasteiger partial charge >= 0.3 is 59.1 Å². The summed E-state index contributed by atoms with van der Waals surface area (Å²) in [5, 5.41) is 9.56. The van der Waals surface area contributed by atoms with E-state index in [4.69, 9.17) is 0 Å². The van der Waals surface area contributed by atoms with E-state index < -0.39 is 0 Å². The summed E-state index contributed by atoms with van der Waals surface area (Å²) < 4.78 is 0. The molecule has 15 heavy (non-hydrogen) atoms. The molecule has 0 amide bonds. The van der Waals surface area contributed by atoms with Crippen molar-refractivity contribution in [1.82, 2.24) is 0 Å². The summed E-state index contributed by atoms with van der Waals surface area (Å²) in [4.78, 5) is 0. The Hall–Kier alpha value is 0.240. The zero-order chi connectivity index (χ0) is 9.10. The first kappa shape index (κ1) is 15.2. The summed E-state index contributed by atoms with van der Waals surface area (Å²) in [6.45, 7) is 0. The summed E-state index contributed by atoms with van der Waals surface area (Å²) in [6.07, 6.45) is 0. The Kier molecular flexibility index (Phi) is 7.62. The predicted molar refractivity (Wildman–Crippen MR) is 53.5 cm³/mol. The zero-order valence-corrected chi connectivity index (χ0v) is 13.1. The van der Waals surface area contributed by atoms with Gasteiger partial charge in [0.1, 0.15) is 5.75 Å². The third-order valence-corrected chi connectivity index (χ3v) is 1.99. The van der Waals surface area contributed by atoms with Crippen LogP contribution in [0.2, 0.25) is 0 Å². The Bertz CT molecular complexity index is 401. The molecule has 0 aliphatic carbocycles. The Morgan fingerprint density at radius 2 is 1.20 bits per heavy atom. The fraction of sp³-hybridized carbons (Fsp3) is 0. The van der Waals surface area contributed by atoms with Crippen molar-refractivity contribution in [2.45, 2.75) is 0 Å². The molecule has 1 nitrogen and oxygen atoms in total. The second kappa shape index (κ2) is 7.50. The summed E-state index contributed by atoms with van der Waals surface area (Å²) in [5.74, 6) is 0.328. The molecule has 0 heterocycles. The smallest absolute Gasteiger partial charge is 0.507 e. The maximum Gasteiger partial charge on any atom is 1.00 e. The molecule has 2 aromatic rings. The van der Waals surface area contributed by atoms with E-state index in [-0.39, 0.29) is 59.1 Å². The van der Waals surface area contributed by atoms with E-state index in [0.29, 0.717) is 5.75 Å². The number of phenolic OH excluding ortho intramolecular Hbond substituents is 1. The second-order valence-corrected chi connectivity index (χ2v) is 2.88. The molecule has 0 atom stereocenters. The van der Waals surface area contributed by atoms with Gasteiger partial charge in [-0.1, -0.05) is 48.5 Å². The van der Waals surface area contributed by atoms with Crippen molar-refractivity contribution >= 4 is 0 Å². The van der Waals surface area contributed by atoms with Crippen LogP contribution in [0.15, 0.2) is 54.6 Å². The number of aromatic hydroxyl groups is 1. The zero-order valence-electron chi connectivity index (χ0n) is 9.14. The molecule has 0 spiro atoms. The molecule has 0 saturated carbocycles. The van der Waals surface area contributed by atoms with E-state index in [2.05, 4.69) is 0 Å². The third kappa shape index (κ3) is 3.95. The molecule has 0 aliphatic heterocycles. The first-order chi connectivity index (χ1) is 6.38. The van der Waals surface area contributed by atoms with E-state index in [9.17, 15) is 5.11 Å². The van der Waals surface area contributed by atoms with E-state index in [1.54, 1.807) is 6.07 Å². The molecule has 0 radical (unpaired) electrons. The van der Waals surface area contributed by atoms with Crippen molar-refractivity contribution in [3.63, 3.8) is 0 Å². The summed E-state index contributed by atoms with van der Waals surface area (Å²) >= 11 is 0. The Morgan fingerprint density at radius 3 is 1.80 bits per heavy atom. The Morgan fingerprint density at radius 1 is 0.667 bits per heavy atom. The van der Waals surface area contributed by atoms with Crippen LogP contribution in [0.3, 0.4) is 0 Å². The molecule has 0 fully saturated rings. The van der Waals surface area contributed by atoms with Gasteiger partial charge in [0.2, 0.25) is 0 Å². The number of hydrogen-bond donors (Lipinski definition) is 1. The van der Waals surface area contributed by atoms with Gasteiger partial charge in [-0.2, -0.15) is 0 Å². The molecule has 64 valence electrons. The summed E-state index contributed by atoms with van der Waals surface area (Å²) in [5.41, 5.74) is 1.92. The number of rotatable bonds is 1. The fourth-order valence-corrected chi connectivity index (χ4v) is 1.34. The van der Waals surface area contributed by atoms with Crippen molar-refractivity contribution in [2.24, 2.45) is 0 Å². The molecule has 0 aromatic heterocycles. The van der Waals surface area contributed by atoms with Gasteiger partial charge in [0, 0.05) is 5.56 Å². The third-order valence-electron chi connectivity index (χ3n) is 1.99. The van der Waals surface area contributed by atoms with Crippen LogP contribution in [0.5, 0.6) is 5.75 Å². The minimum Gasteiger partial charge on any atom is -0.507 e. The van der Waals surface area contributed by atoms with E-state index in [1.807, 2.05) is 48.5 Å². The van der Waals surface area contributed by atoms with E-state index in [1.165, 1.54) is 0 Å². The number of phenols is 1. The molecular formula is C12H10Na2O+2. The van der Waals surface area contributed by atoms with Crippen LogP contribution in [0.1, 0.15) is 0 Å². The van der Waals surface area contributed by atoms with Crippen LogP contribution in [0.25, 0.3) is 11.1 Å². The van der Waals surface area contributed by atoms with E-state index in [0.717, 1.165) is 11.1 Å². The van der Waals surface area contributed by atoms with Crippen molar-refractivity contribution in [1.29, 1.82) is 0 Å². The van der Waals surface area contributed by atoms with Gasteiger partial charge < -0.3 is 5.11 Å².